The Balaban J connectivity index is 1.44. The summed E-state index contributed by atoms with van der Waals surface area (Å²) in [6.07, 6.45) is 0. The van der Waals surface area contributed by atoms with Crippen LogP contribution in [0.2, 0.25) is 5.02 Å². The number of carbonyl (C=O) groups is 1. The molecule has 0 radical (unpaired) electrons. The quantitative estimate of drug-likeness (QED) is 0.844. The van der Waals surface area contributed by atoms with Gasteiger partial charge in [-0.25, -0.2) is 0 Å². The fourth-order valence-electron chi connectivity index (χ4n) is 3.14. The highest BCUT2D eigenvalue weighted by atomic mass is 35.5. The Morgan fingerprint density at radius 2 is 1.68 bits per heavy atom. The van der Waals surface area contributed by atoms with Crippen molar-refractivity contribution >= 4 is 23.2 Å². The number of benzene rings is 2. The van der Waals surface area contributed by atoms with E-state index in [4.69, 9.17) is 22.1 Å². The monoisotopic (exact) mass is 393 g/mol. The molecule has 1 amide bonds. The Hall–Kier alpha value is -2.90. The number of hydrogen-bond donors (Lipinski definition) is 1. The van der Waals surface area contributed by atoms with Crippen LogP contribution in [-0.2, 0) is 11.3 Å². The van der Waals surface area contributed by atoms with Crippen LogP contribution in [0.3, 0.4) is 0 Å². The molecule has 142 valence electrons. The molecule has 28 heavy (non-hydrogen) atoms. The van der Waals surface area contributed by atoms with Crippen LogP contribution in [0.1, 0.15) is 16.7 Å². The molecular weight excluding hydrogens is 374 g/mol. The van der Waals surface area contributed by atoms with Crippen molar-refractivity contribution in [3.63, 3.8) is 0 Å². The van der Waals surface area contributed by atoms with E-state index in [-0.39, 0.29) is 5.91 Å². The molecule has 7 heteroatoms. The molecule has 1 heterocycles. The molecule has 1 N–H and O–H groups in total. The molecule has 2 aromatic carbocycles. The summed E-state index contributed by atoms with van der Waals surface area (Å²) >= 11 is 6.00. The average molecular weight is 394 g/mol. The third-order valence-corrected chi connectivity index (χ3v) is 5.01. The van der Waals surface area contributed by atoms with E-state index in [0.717, 1.165) is 32.7 Å². The summed E-state index contributed by atoms with van der Waals surface area (Å²) in [5.74, 6) is -0.0960. The maximum Gasteiger partial charge on any atom is 0.238 e. The standard InChI is InChI=1S/C21H20ClN5O/c22-20-11-19(6-5-18(20)13-24)25-21(28)15-27-9-7-26(8-10-27)14-17-3-1-16(12-23)2-4-17/h1-6,11H,7-10,14-15H2,(H,25,28). The topological polar surface area (TPSA) is 83.2 Å². The Bertz CT molecular complexity index is 921. The van der Waals surface area contributed by atoms with Gasteiger partial charge in [0, 0.05) is 38.4 Å². The van der Waals surface area contributed by atoms with Crippen LogP contribution in [0.15, 0.2) is 42.5 Å². The smallest absolute Gasteiger partial charge is 0.238 e. The molecule has 1 fully saturated rings. The first kappa shape index (κ1) is 19.9. The molecule has 1 aliphatic rings. The van der Waals surface area contributed by atoms with Crippen molar-refractivity contribution in [2.45, 2.75) is 6.54 Å². The van der Waals surface area contributed by atoms with Crippen molar-refractivity contribution in [1.29, 1.82) is 10.5 Å². The van der Waals surface area contributed by atoms with Crippen LogP contribution in [-0.4, -0.2) is 48.4 Å². The number of nitriles is 2. The maximum atomic E-state index is 12.3. The second-order valence-corrected chi connectivity index (χ2v) is 7.12. The van der Waals surface area contributed by atoms with Crippen molar-refractivity contribution in [3.05, 3.63) is 64.2 Å². The summed E-state index contributed by atoms with van der Waals surface area (Å²) in [6, 6.07) is 16.6. The number of piperazine rings is 1. The van der Waals surface area contributed by atoms with Crippen LogP contribution in [0.5, 0.6) is 0 Å². The molecule has 0 aromatic heterocycles. The Morgan fingerprint density at radius 1 is 1.00 bits per heavy atom. The van der Waals surface area contributed by atoms with Crippen molar-refractivity contribution < 1.29 is 4.79 Å². The molecule has 0 aliphatic carbocycles. The average Bonchev–Trinajstić information content (AvgIpc) is 2.70. The minimum absolute atomic E-state index is 0.0960. The molecule has 6 nitrogen and oxygen atoms in total. The largest absolute Gasteiger partial charge is 0.325 e. The lowest BCUT2D eigenvalue weighted by molar-refractivity contribution is -0.117. The first-order chi connectivity index (χ1) is 13.6. The van der Waals surface area contributed by atoms with Crippen LogP contribution < -0.4 is 5.32 Å². The van der Waals surface area contributed by atoms with Crippen molar-refractivity contribution in [2.24, 2.45) is 0 Å². The van der Waals surface area contributed by atoms with E-state index >= 15 is 0 Å². The number of anilines is 1. The third-order valence-electron chi connectivity index (χ3n) is 4.69. The zero-order valence-electron chi connectivity index (χ0n) is 15.4. The number of nitrogens with one attached hydrogen (secondary N) is 1. The van der Waals surface area contributed by atoms with E-state index in [2.05, 4.69) is 21.2 Å². The van der Waals surface area contributed by atoms with E-state index in [0.29, 0.717) is 28.4 Å². The number of rotatable bonds is 5. The summed E-state index contributed by atoms with van der Waals surface area (Å²) < 4.78 is 0. The number of hydrogen-bond acceptors (Lipinski definition) is 5. The zero-order chi connectivity index (χ0) is 19.9. The van der Waals surface area contributed by atoms with Crippen molar-refractivity contribution in [3.8, 4) is 12.1 Å². The van der Waals surface area contributed by atoms with E-state index < -0.39 is 0 Å². The lowest BCUT2D eigenvalue weighted by Crippen LogP contribution is -2.48. The second kappa shape index (κ2) is 9.34. The first-order valence-electron chi connectivity index (χ1n) is 9.00. The lowest BCUT2D eigenvalue weighted by Gasteiger charge is -2.34. The van der Waals surface area contributed by atoms with Gasteiger partial charge in [-0.05, 0) is 35.9 Å². The summed E-state index contributed by atoms with van der Waals surface area (Å²) in [5, 5.41) is 20.9. The fraction of sp³-hybridized carbons (Fsp3) is 0.286. The number of halogens is 1. The van der Waals surface area contributed by atoms with Gasteiger partial charge in [-0.1, -0.05) is 23.7 Å². The van der Waals surface area contributed by atoms with Gasteiger partial charge in [0.1, 0.15) is 6.07 Å². The molecule has 3 rings (SSSR count). The Kier molecular flexibility index (Phi) is 6.62. The molecule has 0 spiro atoms. The number of carbonyl (C=O) groups excluding carboxylic acids is 1. The normalized spacial score (nSPS) is 14.8. The van der Waals surface area contributed by atoms with Gasteiger partial charge in [-0.2, -0.15) is 10.5 Å². The van der Waals surface area contributed by atoms with Crippen molar-refractivity contribution in [2.75, 3.05) is 38.0 Å². The SMILES string of the molecule is N#Cc1ccc(CN2CCN(CC(=O)Nc3ccc(C#N)c(Cl)c3)CC2)cc1. The van der Waals surface area contributed by atoms with Gasteiger partial charge in [-0.15, -0.1) is 0 Å². The number of amides is 1. The molecular formula is C21H20ClN5O. The minimum Gasteiger partial charge on any atom is -0.325 e. The van der Waals surface area contributed by atoms with Gasteiger partial charge in [-0.3, -0.25) is 14.6 Å². The van der Waals surface area contributed by atoms with Crippen molar-refractivity contribution in [1.82, 2.24) is 9.80 Å². The molecule has 1 aliphatic heterocycles. The van der Waals surface area contributed by atoms with E-state index in [1.807, 2.05) is 30.3 Å². The van der Waals surface area contributed by atoms with Gasteiger partial charge in [0.25, 0.3) is 0 Å². The Labute approximate surface area is 169 Å². The van der Waals surface area contributed by atoms with Gasteiger partial charge in [0.2, 0.25) is 5.91 Å². The molecule has 1 saturated heterocycles. The summed E-state index contributed by atoms with van der Waals surface area (Å²) in [7, 11) is 0. The summed E-state index contributed by atoms with van der Waals surface area (Å²) in [6.45, 7) is 4.57. The zero-order valence-corrected chi connectivity index (χ0v) is 16.1. The summed E-state index contributed by atoms with van der Waals surface area (Å²) in [4.78, 5) is 16.7. The molecule has 0 atom stereocenters. The second-order valence-electron chi connectivity index (χ2n) is 6.72. The maximum absolute atomic E-state index is 12.3. The van der Waals surface area contributed by atoms with Crippen LogP contribution in [0.25, 0.3) is 0 Å². The van der Waals surface area contributed by atoms with Gasteiger partial charge in [0.05, 0.1) is 28.8 Å². The third kappa shape index (κ3) is 5.31. The first-order valence-corrected chi connectivity index (χ1v) is 9.38. The minimum atomic E-state index is -0.0960. The highest BCUT2D eigenvalue weighted by molar-refractivity contribution is 6.32. The molecule has 0 bridgehead atoms. The molecule has 0 saturated carbocycles. The van der Waals surface area contributed by atoms with Gasteiger partial charge >= 0.3 is 0 Å². The highest BCUT2D eigenvalue weighted by Crippen LogP contribution is 2.20. The Morgan fingerprint density at radius 3 is 2.29 bits per heavy atom. The molecule has 0 unspecified atom stereocenters. The van der Waals surface area contributed by atoms with Gasteiger partial charge < -0.3 is 5.32 Å². The summed E-state index contributed by atoms with van der Waals surface area (Å²) in [5.41, 5.74) is 2.83. The highest BCUT2D eigenvalue weighted by Gasteiger charge is 2.19. The lowest BCUT2D eigenvalue weighted by atomic mass is 10.1. The van der Waals surface area contributed by atoms with E-state index in [9.17, 15) is 4.79 Å². The van der Waals surface area contributed by atoms with E-state index in [1.165, 1.54) is 5.56 Å². The van der Waals surface area contributed by atoms with Crippen LogP contribution in [0, 0.1) is 22.7 Å². The van der Waals surface area contributed by atoms with Crippen LogP contribution >= 0.6 is 11.6 Å². The molecule has 2 aromatic rings. The van der Waals surface area contributed by atoms with Gasteiger partial charge in [0.15, 0.2) is 0 Å². The van der Waals surface area contributed by atoms with Crippen LogP contribution in [0.4, 0.5) is 5.69 Å². The predicted octanol–water partition coefficient (Wildman–Crippen LogP) is 2.84. The number of nitrogens with zero attached hydrogens (tertiary/aromatic N) is 4. The fourth-order valence-corrected chi connectivity index (χ4v) is 3.36. The predicted molar refractivity (Wildman–Crippen MR) is 108 cm³/mol. The van der Waals surface area contributed by atoms with E-state index in [1.54, 1.807) is 18.2 Å².